The number of amides is 1. The van der Waals surface area contributed by atoms with Gasteiger partial charge in [0.05, 0.1) is 17.6 Å². The molecule has 0 saturated carbocycles. The highest BCUT2D eigenvalue weighted by molar-refractivity contribution is 5.76. The van der Waals surface area contributed by atoms with Gasteiger partial charge in [0, 0.05) is 19.4 Å². The molecule has 5 heteroatoms. The Bertz CT molecular complexity index is 886. The second-order valence-corrected chi connectivity index (χ2v) is 6.29. The van der Waals surface area contributed by atoms with Gasteiger partial charge in [-0.25, -0.2) is 4.98 Å². The Morgan fingerprint density at radius 1 is 1.19 bits per heavy atom. The number of imidazole rings is 1. The van der Waals surface area contributed by atoms with E-state index in [4.69, 9.17) is 9.72 Å². The third-order valence-electron chi connectivity index (χ3n) is 4.30. The molecule has 2 aromatic carbocycles. The van der Waals surface area contributed by atoms with Crippen LogP contribution in [0.3, 0.4) is 0 Å². The van der Waals surface area contributed by atoms with Gasteiger partial charge in [0.1, 0.15) is 18.2 Å². The number of benzene rings is 2. The van der Waals surface area contributed by atoms with Crippen LogP contribution in [0.2, 0.25) is 0 Å². The van der Waals surface area contributed by atoms with E-state index in [1.807, 2.05) is 43.3 Å². The molecule has 3 aromatic rings. The number of para-hydroxylation sites is 2. The fraction of sp³-hybridized carbons (Fsp3) is 0.333. The van der Waals surface area contributed by atoms with Crippen LogP contribution in [-0.2, 0) is 17.8 Å². The van der Waals surface area contributed by atoms with Crippen molar-refractivity contribution in [3.05, 3.63) is 59.9 Å². The molecule has 0 spiro atoms. The number of carbonyl (C=O) groups excluding carboxylic acids is 1. The van der Waals surface area contributed by atoms with E-state index in [1.165, 1.54) is 5.56 Å². The fourth-order valence-corrected chi connectivity index (χ4v) is 2.96. The van der Waals surface area contributed by atoms with E-state index in [1.54, 1.807) is 0 Å². The molecular weight excluding hydrogens is 326 g/mol. The van der Waals surface area contributed by atoms with Crippen LogP contribution in [0.1, 0.15) is 24.7 Å². The van der Waals surface area contributed by atoms with Crippen molar-refractivity contribution < 1.29 is 9.53 Å². The SMILES string of the molecule is CCC(=O)NCCc1nc2ccccc2n1CCOc1cccc(C)c1. The Morgan fingerprint density at radius 3 is 2.85 bits per heavy atom. The van der Waals surface area contributed by atoms with Gasteiger partial charge in [-0.05, 0) is 36.8 Å². The first-order valence-corrected chi connectivity index (χ1v) is 9.07. The van der Waals surface area contributed by atoms with Crippen LogP contribution in [0.15, 0.2) is 48.5 Å². The summed E-state index contributed by atoms with van der Waals surface area (Å²) in [4.78, 5) is 16.2. The van der Waals surface area contributed by atoms with Crippen molar-refractivity contribution in [1.29, 1.82) is 0 Å². The molecule has 0 unspecified atom stereocenters. The van der Waals surface area contributed by atoms with E-state index in [9.17, 15) is 4.79 Å². The minimum atomic E-state index is 0.0652. The fourth-order valence-electron chi connectivity index (χ4n) is 2.96. The molecule has 1 heterocycles. The van der Waals surface area contributed by atoms with Gasteiger partial charge in [0.25, 0.3) is 0 Å². The standard InChI is InChI=1S/C21H25N3O2/c1-3-21(25)22-12-11-20-23-18-9-4-5-10-19(18)24(20)13-14-26-17-8-6-7-16(2)15-17/h4-10,15H,3,11-14H2,1-2H3,(H,22,25). The molecule has 1 N–H and O–H groups in total. The predicted molar refractivity (Wildman–Crippen MR) is 103 cm³/mol. The van der Waals surface area contributed by atoms with E-state index >= 15 is 0 Å². The van der Waals surface area contributed by atoms with Crippen molar-refractivity contribution in [3.63, 3.8) is 0 Å². The highest BCUT2D eigenvalue weighted by Crippen LogP contribution is 2.17. The van der Waals surface area contributed by atoms with Gasteiger partial charge < -0.3 is 14.6 Å². The average Bonchev–Trinajstić information content (AvgIpc) is 2.99. The van der Waals surface area contributed by atoms with Gasteiger partial charge >= 0.3 is 0 Å². The maximum Gasteiger partial charge on any atom is 0.219 e. The number of aromatic nitrogens is 2. The number of hydrogen-bond acceptors (Lipinski definition) is 3. The third kappa shape index (κ3) is 4.42. The number of rotatable bonds is 8. The molecule has 0 bridgehead atoms. The molecular formula is C21H25N3O2. The van der Waals surface area contributed by atoms with E-state index in [-0.39, 0.29) is 5.91 Å². The number of carbonyl (C=O) groups is 1. The smallest absolute Gasteiger partial charge is 0.219 e. The van der Waals surface area contributed by atoms with Crippen LogP contribution in [0, 0.1) is 6.92 Å². The van der Waals surface area contributed by atoms with E-state index in [2.05, 4.69) is 28.9 Å². The number of fused-ring (bicyclic) bond motifs is 1. The first kappa shape index (κ1) is 18.0. The number of nitrogens with one attached hydrogen (secondary N) is 1. The zero-order valence-electron chi connectivity index (χ0n) is 15.4. The lowest BCUT2D eigenvalue weighted by molar-refractivity contribution is -0.120. The maximum absolute atomic E-state index is 11.5. The molecule has 1 aromatic heterocycles. The first-order valence-electron chi connectivity index (χ1n) is 9.07. The molecule has 26 heavy (non-hydrogen) atoms. The molecule has 0 saturated heterocycles. The van der Waals surface area contributed by atoms with Gasteiger partial charge in [0.15, 0.2) is 0 Å². The van der Waals surface area contributed by atoms with Crippen LogP contribution in [0.5, 0.6) is 5.75 Å². The zero-order chi connectivity index (χ0) is 18.4. The Balaban J connectivity index is 1.70. The van der Waals surface area contributed by atoms with Gasteiger partial charge in [0.2, 0.25) is 5.91 Å². The molecule has 0 atom stereocenters. The minimum Gasteiger partial charge on any atom is -0.492 e. The summed E-state index contributed by atoms with van der Waals surface area (Å²) in [5, 5.41) is 2.92. The lowest BCUT2D eigenvalue weighted by atomic mass is 10.2. The molecule has 1 amide bonds. The van der Waals surface area contributed by atoms with Crippen molar-refractivity contribution >= 4 is 16.9 Å². The van der Waals surface area contributed by atoms with Crippen LogP contribution in [0.4, 0.5) is 0 Å². The summed E-state index contributed by atoms with van der Waals surface area (Å²) in [6.07, 6.45) is 1.20. The average molecular weight is 351 g/mol. The van der Waals surface area contributed by atoms with E-state index in [0.717, 1.165) is 22.6 Å². The summed E-state index contributed by atoms with van der Waals surface area (Å²) in [5.41, 5.74) is 3.25. The summed E-state index contributed by atoms with van der Waals surface area (Å²) < 4.78 is 8.09. The minimum absolute atomic E-state index is 0.0652. The van der Waals surface area contributed by atoms with E-state index in [0.29, 0.717) is 32.5 Å². The number of hydrogen-bond donors (Lipinski definition) is 1. The summed E-state index contributed by atoms with van der Waals surface area (Å²) in [7, 11) is 0. The van der Waals surface area contributed by atoms with Crippen LogP contribution < -0.4 is 10.1 Å². The van der Waals surface area contributed by atoms with E-state index < -0.39 is 0 Å². The molecule has 0 aliphatic rings. The zero-order valence-corrected chi connectivity index (χ0v) is 15.4. The van der Waals surface area contributed by atoms with Crippen molar-refractivity contribution in [2.24, 2.45) is 0 Å². The Morgan fingerprint density at radius 2 is 2.04 bits per heavy atom. The van der Waals surface area contributed by atoms with Crippen LogP contribution in [0.25, 0.3) is 11.0 Å². The number of ether oxygens (including phenoxy) is 1. The summed E-state index contributed by atoms with van der Waals surface area (Å²) in [6.45, 7) is 5.78. The van der Waals surface area contributed by atoms with Crippen LogP contribution >= 0.6 is 0 Å². The molecule has 0 aliphatic heterocycles. The summed E-state index contributed by atoms with van der Waals surface area (Å²) in [5.74, 6) is 1.91. The van der Waals surface area contributed by atoms with Gasteiger partial charge in [-0.1, -0.05) is 31.2 Å². The first-order chi connectivity index (χ1) is 12.7. The third-order valence-corrected chi connectivity index (χ3v) is 4.30. The van der Waals surface area contributed by atoms with Gasteiger partial charge in [-0.15, -0.1) is 0 Å². The topological polar surface area (TPSA) is 56.2 Å². The number of nitrogens with zero attached hydrogens (tertiary/aromatic N) is 2. The van der Waals surface area contributed by atoms with Crippen molar-refractivity contribution in [3.8, 4) is 5.75 Å². The Kier molecular flexibility index (Phi) is 5.89. The number of aryl methyl sites for hydroxylation is 1. The summed E-state index contributed by atoms with van der Waals surface area (Å²) >= 11 is 0. The summed E-state index contributed by atoms with van der Waals surface area (Å²) in [6, 6.07) is 16.2. The Labute approximate surface area is 154 Å². The van der Waals surface area contributed by atoms with Crippen molar-refractivity contribution in [2.75, 3.05) is 13.2 Å². The van der Waals surface area contributed by atoms with Crippen molar-refractivity contribution in [2.45, 2.75) is 33.2 Å². The Hall–Kier alpha value is -2.82. The lowest BCUT2D eigenvalue weighted by Crippen LogP contribution is -2.25. The largest absolute Gasteiger partial charge is 0.492 e. The molecule has 0 aliphatic carbocycles. The second kappa shape index (κ2) is 8.52. The second-order valence-electron chi connectivity index (χ2n) is 6.29. The normalized spacial score (nSPS) is 10.8. The van der Waals surface area contributed by atoms with Crippen molar-refractivity contribution in [1.82, 2.24) is 14.9 Å². The lowest BCUT2D eigenvalue weighted by Gasteiger charge is -2.11. The highest BCUT2D eigenvalue weighted by atomic mass is 16.5. The van der Waals surface area contributed by atoms with Gasteiger partial charge in [-0.3, -0.25) is 4.79 Å². The molecule has 5 nitrogen and oxygen atoms in total. The maximum atomic E-state index is 11.5. The highest BCUT2D eigenvalue weighted by Gasteiger charge is 2.10. The molecule has 136 valence electrons. The van der Waals surface area contributed by atoms with Crippen LogP contribution in [-0.4, -0.2) is 28.6 Å². The monoisotopic (exact) mass is 351 g/mol. The molecule has 0 fully saturated rings. The quantitative estimate of drug-likeness (QED) is 0.676. The molecule has 0 radical (unpaired) electrons. The molecule has 3 rings (SSSR count). The predicted octanol–water partition coefficient (Wildman–Crippen LogP) is 3.49. The van der Waals surface area contributed by atoms with Gasteiger partial charge in [-0.2, -0.15) is 0 Å².